The number of benzene rings is 1. The van der Waals surface area contributed by atoms with Crippen molar-refractivity contribution in [2.75, 3.05) is 37.7 Å². The largest absolute Gasteiger partial charge is 0.378 e. The van der Waals surface area contributed by atoms with Gasteiger partial charge in [-0.25, -0.2) is 14.4 Å². The van der Waals surface area contributed by atoms with Gasteiger partial charge in [0.1, 0.15) is 17.2 Å². The van der Waals surface area contributed by atoms with Crippen LogP contribution in [0.15, 0.2) is 30.5 Å². The third kappa shape index (κ3) is 3.83. The average molecular weight is 356 g/mol. The van der Waals surface area contributed by atoms with E-state index in [0.29, 0.717) is 61.5 Å². The summed E-state index contributed by atoms with van der Waals surface area (Å²) in [6, 6.07) is 6.04. The number of carbonyl (C=O) groups excluding carboxylic acids is 1. The Morgan fingerprint density at radius 1 is 1.23 bits per heavy atom. The van der Waals surface area contributed by atoms with Crippen LogP contribution in [0, 0.1) is 11.7 Å². The number of nitrogens with one attached hydrogen (secondary N) is 1. The first kappa shape index (κ1) is 16.9. The zero-order valence-electron chi connectivity index (χ0n) is 14.4. The van der Waals surface area contributed by atoms with E-state index in [1.54, 1.807) is 18.3 Å². The number of ether oxygens (including phenoxy) is 1. The minimum atomic E-state index is -0.307. The van der Waals surface area contributed by atoms with Crippen LogP contribution in [0.5, 0.6) is 0 Å². The zero-order valence-corrected chi connectivity index (χ0v) is 14.4. The average Bonchev–Trinajstić information content (AvgIpc) is 3.51. The Bertz CT molecular complexity index is 787. The summed E-state index contributed by atoms with van der Waals surface area (Å²) in [5.41, 5.74) is 1.18. The van der Waals surface area contributed by atoms with E-state index in [2.05, 4.69) is 15.3 Å². The molecule has 1 aromatic carbocycles. The summed E-state index contributed by atoms with van der Waals surface area (Å²) >= 11 is 0. The Morgan fingerprint density at radius 2 is 1.96 bits per heavy atom. The topological polar surface area (TPSA) is 67.4 Å². The summed E-state index contributed by atoms with van der Waals surface area (Å²) in [7, 11) is 0. The summed E-state index contributed by atoms with van der Waals surface area (Å²) in [6.07, 6.45) is 3.92. The second kappa shape index (κ2) is 7.37. The van der Waals surface area contributed by atoms with Gasteiger partial charge in [0.15, 0.2) is 5.82 Å². The molecular weight excluding hydrogens is 335 g/mol. The molecule has 1 aliphatic heterocycles. The van der Waals surface area contributed by atoms with E-state index in [4.69, 9.17) is 4.74 Å². The van der Waals surface area contributed by atoms with Crippen LogP contribution < -0.4 is 10.2 Å². The minimum Gasteiger partial charge on any atom is -0.378 e. The highest BCUT2D eigenvalue weighted by Gasteiger charge is 2.25. The van der Waals surface area contributed by atoms with E-state index in [1.165, 1.54) is 25.0 Å². The van der Waals surface area contributed by atoms with Crippen molar-refractivity contribution in [3.8, 4) is 11.4 Å². The zero-order chi connectivity index (χ0) is 17.9. The van der Waals surface area contributed by atoms with E-state index in [9.17, 15) is 9.18 Å². The molecule has 7 heteroatoms. The van der Waals surface area contributed by atoms with E-state index < -0.39 is 0 Å². The fourth-order valence-corrected chi connectivity index (χ4v) is 2.94. The maximum Gasteiger partial charge on any atom is 0.256 e. The maximum atomic E-state index is 13.2. The van der Waals surface area contributed by atoms with Gasteiger partial charge in [0.2, 0.25) is 0 Å². The molecule has 1 N–H and O–H groups in total. The number of carbonyl (C=O) groups is 1. The van der Waals surface area contributed by atoms with Crippen molar-refractivity contribution >= 4 is 11.7 Å². The van der Waals surface area contributed by atoms with Gasteiger partial charge in [0.05, 0.1) is 13.2 Å². The van der Waals surface area contributed by atoms with Crippen molar-refractivity contribution in [2.45, 2.75) is 12.8 Å². The number of aromatic nitrogens is 2. The van der Waals surface area contributed by atoms with Gasteiger partial charge in [-0.3, -0.25) is 4.79 Å². The van der Waals surface area contributed by atoms with E-state index >= 15 is 0 Å². The molecule has 1 aromatic heterocycles. The fraction of sp³-hybridized carbons (Fsp3) is 0.421. The smallest absolute Gasteiger partial charge is 0.256 e. The van der Waals surface area contributed by atoms with Gasteiger partial charge < -0.3 is 15.0 Å². The third-order valence-corrected chi connectivity index (χ3v) is 4.67. The van der Waals surface area contributed by atoms with Gasteiger partial charge >= 0.3 is 0 Å². The monoisotopic (exact) mass is 356 g/mol. The fourth-order valence-electron chi connectivity index (χ4n) is 2.94. The number of hydrogen-bond donors (Lipinski definition) is 1. The van der Waals surface area contributed by atoms with Gasteiger partial charge in [-0.05, 0) is 43.0 Å². The molecule has 4 rings (SSSR count). The van der Waals surface area contributed by atoms with Gasteiger partial charge in [-0.15, -0.1) is 0 Å². The molecule has 0 unspecified atom stereocenters. The molecule has 0 radical (unpaired) electrons. The number of morpholine rings is 1. The lowest BCUT2D eigenvalue weighted by molar-refractivity contribution is 0.0949. The van der Waals surface area contributed by atoms with Crippen LogP contribution >= 0.6 is 0 Å². The summed E-state index contributed by atoms with van der Waals surface area (Å²) in [6.45, 7) is 3.23. The molecule has 2 fully saturated rings. The predicted molar refractivity (Wildman–Crippen MR) is 95.5 cm³/mol. The second-order valence-corrected chi connectivity index (χ2v) is 6.69. The van der Waals surface area contributed by atoms with Crippen LogP contribution in [0.4, 0.5) is 10.2 Å². The molecule has 0 atom stereocenters. The van der Waals surface area contributed by atoms with Crippen molar-refractivity contribution in [2.24, 2.45) is 5.92 Å². The summed E-state index contributed by atoms with van der Waals surface area (Å²) < 4.78 is 18.6. The van der Waals surface area contributed by atoms with Crippen LogP contribution in [0.25, 0.3) is 11.4 Å². The summed E-state index contributed by atoms with van der Waals surface area (Å²) in [4.78, 5) is 23.7. The predicted octanol–water partition coefficient (Wildman–Crippen LogP) is 2.26. The molecule has 136 valence electrons. The summed E-state index contributed by atoms with van der Waals surface area (Å²) in [5.74, 6) is 1.23. The van der Waals surface area contributed by atoms with E-state index in [-0.39, 0.29) is 11.7 Å². The molecule has 1 amide bonds. The number of amides is 1. The normalized spacial score (nSPS) is 17.2. The Balaban J connectivity index is 1.65. The van der Waals surface area contributed by atoms with Gasteiger partial charge in [-0.1, -0.05) is 0 Å². The molecule has 26 heavy (non-hydrogen) atoms. The molecule has 2 aromatic rings. The van der Waals surface area contributed by atoms with Gasteiger partial charge in [0, 0.05) is 31.4 Å². The van der Waals surface area contributed by atoms with Crippen LogP contribution in [0.2, 0.25) is 0 Å². The molecule has 2 heterocycles. The number of anilines is 1. The van der Waals surface area contributed by atoms with Crippen molar-refractivity contribution < 1.29 is 13.9 Å². The van der Waals surface area contributed by atoms with Gasteiger partial charge in [0.25, 0.3) is 5.91 Å². The quantitative estimate of drug-likeness (QED) is 0.890. The first-order chi connectivity index (χ1) is 12.7. The first-order valence-corrected chi connectivity index (χ1v) is 8.94. The van der Waals surface area contributed by atoms with Crippen LogP contribution in [-0.2, 0) is 4.74 Å². The van der Waals surface area contributed by atoms with E-state index in [1.807, 2.05) is 4.90 Å². The molecule has 2 aliphatic rings. The second-order valence-electron chi connectivity index (χ2n) is 6.69. The molecule has 1 aliphatic carbocycles. The number of halogens is 1. The third-order valence-electron chi connectivity index (χ3n) is 4.67. The van der Waals surface area contributed by atoms with E-state index in [0.717, 1.165) is 0 Å². The van der Waals surface area contributed by atoms with Gasteiger partial charge in [-0.2, -0.15) is 0 Å². The van der Waals surface area contributed by atoms with Crippen molar-refractivity contribution in [3.63, 3.8) is 0 Å². The Labute approximate surface area is 151 Å². The molecule has 0 spiro atoms. The van der Waals surface area contributed by atoms with Crippen LogP contribution in [0.1, 0.15) is 23.2 Å². The number of hydrogen-bond acceptors (Lipinski definition) is 5. The van der Waals surface area contributed by atoms with Crippen molar-refractivity contribution in [1.82, 2.24) is 15.3 Å². The van der Waals surface area contributed by atoms with Crippen LogP contribution in [0.3, 0.4) is 0 Å². The van der Waals surface area contributed by atoms with Crippen LogP contribution in [-0.4, -0.2) is 48.7 Å². The SMILES string of the molecule is O=C(NCC1CC1)c1cnc(-c2ccc(F)cc2)nc1N1CCOCC1. The molecule has 0 bridgehead atoms. The molecule has 6 nitrogen and oxygen atoms in total. The maximum absolute atomic E-state index is 13.2. The van der Waals surface area contributed by atoms with Crippen molar-refractivity contribution in [3.05, 3.63) is 41.8 Å². The standard InChI is InChI=1S/C19H21FN4O2/c20-15-5-3-14(4-6-15)17-21-12-16(19(25)22-11-13-1-2-13)18(23-17)24-7-9-26-10-8-24/h3-6,12-13H,1-2,7-11H2,(H,22,25). The highest BCUT2D eigenvalue weighted by atomic mass is 19.1. The molecular formula is C19H21FN4O2. The molecule has 1 saturated heterocycles. The Hall–Kier alpha value is -2.54. The highest BCUT2D eigenvalue weighted by Crippen LogP contribution is 2.28. The summed E-state index contributed by atoms with van der Waals surface area (Å²) in [5, 5.41) is 2.98. The Kier molecular flexibility index (Phi) is 4.79. The highest BCUT2D eigenvalue weighted by molar-refractivity contribution is 5.99. The number of rotatable bonds is 5. The molecule has 1 saturated carbocycles. The lowest BCUT2D eigenvalue weighted by Crippen LogP contribution is -2.39. The Morgan fingerprint density at radius 3 is 2.65 bits per heavy atom. The lowest BCUT2D eigenvalue weighted by Gasteiger charge is -2.29. The lowest BCUT2D eigenvalue weighted by atomic mass is 10.2. The first-order valence-electron chi connectivity index (χ1n) is 8.94. The van der Waals surface area contributed by atoms with Crippen molar-refractivity contribution in [1.29, 1.82) is 0 Å². The number of nitrogens with zero attached hydrogens (tertiary/aromatic N) is 3. The minimum absolute atomic E-state index is 0.149.